The highest BCUT2D eigenvalue weighted by Gasteiger charge is 2.21. The van der Waals surface area contributed by atoms with Crippen molar-refractivity contribution in [3.05, 3.63) is 46.2 Å². The Hall–Kier alpha value is -2.34. The second kappa shape index (κ2) is 6.83. The largest absolute Gasteiger partial charge is 0.545 e. The molecule has 0 saturated carbocycles. The molecule has 0 aromatic carbocycles. The summed E-state index contributed by atoms with van der Waals surface area (Å²) < 4.78 is 5.11. The maximum atomic E-state index is 12.0. The van der Waals surface area contributed by atoms with E-state index in [9.17, 15) is 14.7 Å². The normalized spacial score (nSPS) is 14.4. The minimum atomic E-state index is -1.23. The van der Waals surface area contributed by atoms with Crippen LogP contribution >= 0.6 is 11.3 Å². The number of hydrogen-bond donors (Lipinski definition) is 1. The Bertz CT molecular complexity index is 743. The third-order valence-corrected chi connectivity index (χ3v) is 5.01. The Balaban J connectivity index is 1.82. The summed E-state index contributed by atoms with van der Waals surface area (Å²) >= 11 is 1.35. The highest BCUT2D eigenvalue weighted by Crippen LogP contribution is 2.37. The lowest BCUT2D eigenvalue weighted by atomic mass is 10.1. The number of aryl methyl sites for hydroxylation is 1. The zero-order valence-corrected chi connectivity index (χ0v) is 13.3. The van der Waals surface area contributed by atoms with Gasteiger partial charge in [0.1, 0.15) is 10.8 Å². The van der Waals surface area contributed by atoms with Crippen molar-refractivity contribution in [2.45, 2.75) is 32.1 Å². The molecule has 0 fully saturated rings. The van der Waals surface area contributed by atoms with Crippen molar-refractivity contribution in [2.75, 3.05) is 5.32 Å². The van der Waals surface area contributed by atoms with E-state index in [4.69, 9.17) is 4.42 Å². The van der Waals surface area contributed by atoms with E-state index in [0.29, 0.717) is 10.8 Å². The van der Waals surface area contributed by atoms with Gasteiger partial charge in [-0.2, -0.15) is 0 Å². The fraction of sp³-hybridized carbons (Fsp3) is 0.294. The number of carbonyl (C=O) groups excluding carboxylic acids is 2. The molecule has 0 bridgehead atoms. The third kappa shape index (κ3) is 3.53. The molecule has 0 spiro atoms. The number of anilines is 1. The lowest BCUT2D eigenvalue weighted by molar-refractivity contribution is -0.254. The van der Waals surface area contributed by atoms with E-state index < -0.39 is 5.97 Å². The molecule has 0 unspecified atom stereocenters. The topological polar surface area (TPSA) is 82.4 Å². The molecule has 2 aromatic heterocycles. The van der Waals surface area contributed by atoms with E-state index in [2.05, 4.69) is 5.32 Å². The minimum Gasteiger partial charge on any atom is -0.545 e. The van der Waals surface area contributed by atoms with E-state index in [1.807, 2.05) is 0 Å². The van der Waals surface area contributed by atoms with Crippen molar-refractivity contribution in [1.82, 2.24) is 0 Å². The van der Waals surface area contributed by atoms with Gasteiger partial charge >= 0.3 is 0 Å². The number of aromatic carboxylic acids is 1. The van der Waals surface area contributed by atoms with Crippen LogP contribution in [-0.2, 0) is 17.6 Å². The van der Waals surface area contributed by atoms with Gasteiger partial charge in [0, 0.05) is 16.5 Å². The fourth-order valence-electron chi connectivity index (χ4n) is 2.74. The summed E-state index contributed by atoms with van der Waals surface area (Å²) in [5.74, 6) is -1.06. The highest BCUT2D eigenvalue weighted by molar-refractivity contribution is 7.17. The highest BCUT2D eigenvalue weighted by atomic mass is 32.1. The maximum absolute atomic E-state index is 12.0. The summed E-state index contributed by atoms with van der Waals surface area (Å²) in [5, 5.41) is 14.5. The van der Waals surface area contributed by atoms with Crippen LogP contribution in [0.3, 0.4) is 0 Å². The first-order valence-corrected chi connectivity index (χ1v) is 8.35. The van der Waals surface area contributed by atoms with E-state index in [0.717, 1.165) is 42.5 Å². The Morgan fingerprint density at radius 2 is 2.09 bits per heavy atom. The van der Waals surface area contributed by atoms with Crippen LogP contribution in [0.5, 0.6) is 0 Å². The molecule has 1 N–H and O–H groups in total. The average molecular weight is 330 g/mol. The molecule has 2 heterocycles. The minimum absolute atomic E-state index is 0.145. The van der Waals surface area contributed by atoms with E-state index >= 15 is 0 Å². The number of nitrogens with one attached hydrogen (secondary N) is 1. The smallest absolute Gasteiger partial charge is 0.249 e. The van der Waals surface area contributed by atoms with Crippen LogP contribution in [0, 0.1) is 0 Å². The van der Waals surface area contributed by atoms with Crippen molar-refractivity contribution in [3.8, 4) is 0 Å². The molecule has 0 saturated heterocycles. The van der Waals surface area contributed by atoms with Crippen molar-refractivity contribution in [3.63, 3.8) is 0 Å². The van der Waals surface area contributed by atoms with E-state index in [1.54, 1.807) is 12.1 Å². The summed E-state index contributed by atoms with van der Waals surface area (Å²) in [6.45, 7) is 0. The number of rotatable bonds is 4. The molecule has 2 aromatic rings. The monoisotopic (exact) mass is 330 g/mol. The Labute approximate surface area is 137 Å². The number of fused-ring (bicyclic) bond motifs is 1. The molecule has 1 amide bonds. The summed E-state index contributed by atoms with van der Waals surface area (Å²) in [6, 6.07) is 3.45. The number of thiophene rings is 1. The molecule has 0 aliphatic heterocycles. The molecule has 120 valence electrons. The lowest BCUT2D eigenvalue weighted by Gasteiger charge is -2.08. The Kier molecular flexibility index (Phi) is 4.62. The number of carboxylic acids is 1. The summed E-state index contributed by atoms with van der Waals surface area (Å²) in [6.07, 6.45) is 9.08. The number of carboxylic acid groups (broad SMARTS) is 1. The number of hydrogen-bond acceptors (Lipinski definition) is 5. The second-order valence-corrected chi connectivity index (χ2v) is 6.50. The van der Waals surface area contributed by atoms with Gasteiger partial charge in [-0.05, 0) is 49.5 Å². The van der Waals surface area contributed by atoms with Crippen molar-refractivity contribution < 1.29 is 19.1 Å². The molecular weight excluding hydrogens is 314 g/mol. The predicted octanol–water partition coefficient (Wildman–Crippen LogP) is 2.63. The van der Waals surface area contributed by atoms with Crippen LogP contribution in [0.4, 0.5) is 5.00 Å². The first-order chi connectivity index (χ1) is 11.1. The summed E-state index contributed by atoms with van der Waals surface area (Å²) in [7, 11) is 0. The van der Waals surface area contributed by atoms with Crippen molar-refractivity contribution in [1.29, 1.82) is 0 Å². The van der Waals surface area contributed by atoms with Gasteiger partial charge in [0.2, 0.25) is 5.91 Å². The lowest BCUT2D eigenvalue weighted by Crippen LogP contribution is -2.25. The van der Waals surface area contributed by atoms with E-state index in [-0.39, 0.29) is 11.5 Å². The average Bonchev–Trinajstić information content (AvgIpc) is 3.08. The van der Waals surface area contributed by atoms with Crippen LogP contribution in [0.25, 0.3) is 6.08 Å². The van der Waals surface area contributed by atoms with Crippen molar-refractivity contribution >= 4 is 34.3 Å². The molecule has 1 aliphatic carbocycles. The summed E-state index contributed by atoms with van der Waals surface area (Å²) in [5.41, 5.74) is 0.976. The maximum Gasteiger partial charge on any atom is 0.249 e. The predicted molar refractivity (Wildman–Crippen MR) is 86.3 cm³/mol. The molecule has 23 heavy (non-hydrogen) atoms. The molecule has 3 rings (SSSR count). The SMILES string of the molecule is O=C(C=Cc1ccco1)Nc1sc2c(c1C(=O)[O-])CCCCC2. The Morgan fingerprint density at radius 3 is 2.83 bits per heavy atom. The molecule has 6 heteroatoms. The molecular formula is C17H16NO4S-. The number of amides is 1. The van der Waals surface area contributed by atoms with E-state index in [1.165, 1.54) is 29.8 Å². The van der Waals surface area contributed by atoms with Gasteiger partial charge in [0.25, 0.3) is 0 Å². The number of carbonyl (C=O) groups is 2. The van der Waals surface area contributed by atoms with Gasteiger partial charge < -0.3 is 19.6 Å². The fourth-order valence-corrected chi connectivity index (χ4v) is 4.02. The molecule has 5 nitrogen and oxygen atoms in total. The first kappa shape index (κ1) is 15.6. The van der Waals surface area contributed by atoms with Gasteiger partial charge in [-0.1, -0.05) is 6.42 Å². The quantitative estimate of drug-likeness (QED) is 0.690. The van der Waals surface area contributed by atoms with Crippen LogP contribution < -0.4 is 10.4 Å². The first-order valence-electron chi connectivity index (χ1n) is 7.53. The van der Waals surface area contributed by atoms with Crippen molar-refractivity contribution in [2.24, 2.45) is 0 Å². The molecule has 1 aliphatic rings. The van der Waals surface area contributed by atoms with Gasteiger partial charge in [-0.25, -0.2) is 0 Å². The molecule has 0 radical (unpaired) electrons. The Morgan fingerprint density at radius 1 is 1.26 bits per heavy atom. The van der Waals surface area contributed by atoms with Crippen LogP contribution in [0.1, 0.15) is 45.8 Å². The third-order valence-electron chi connectivity index (χ3n) is 3.80. The zero-order chi connectivity index (χ0) is 16.2. The van der Waals surface area contributed by atoms with Gasteiger partial charge in [-0.3, -0.25) is 4.79 Å². The summed E-state index contributed by atoms with van der Waals surface area (Å²) in [4.78, 5) is 24.6. The number of furan rings is 1. The second-order valence-electron chi connectivity index (χ2n) is 5.39. The van der Waals surface area contributed by atoms with Crippen LogP contribution in [-0.4, -0.2) is 11.9 Å². The van der Waals surface area contributed by atoms with Gasteiger partial charge in [0.05, 0.1) is 12.2 Å². The van der Waals surface area contributed by atoms with Gasteiger partial charge in [-0.15, -0.1) is 11.3 Å². The zero-order valence-electron chi connectivity index (χ0n) is 12.5. The molecule has 0 atom stereocenters. The standard InChI is InChI=1S/C17H17NO4S/c19-14(9-8-11-5-4-10-22-11)18-16-15(17(20)21)12-6-2-1-3-7-13(12)23-16/h4-5,8-10H,1-3,6-7H2,(H,18,19)(H,20,21)/p-1. The van der Waals surface area contributed by atoms with Gasteiger partial charge in [0.15, 0.2) is 0 Å². The van der Waals surface area contributed by atoms with Crippen LogP contribution in [0.2, 0.25) is 0 Å². The van der Waals surface area contributed by atoms with Crippen LogP contribution in [0.15, 0.2) is 28.9 Å².